The topological polar surface area (TPSA) is 72.8 Å². The summed E-state index contributed by atoms with van der Waals surface area (Å²) in [4.78, 5) is 22.5. The van der Waals surface area contributed by atoms with Gasteiger partial charge in [0.15, 0.2) is 0 Å². The van der Waals surface area contributed by atoms with Crippen LogP contribution in [0.5, 0.6) is 0 Å². The smallest absolute Gasteiger partial charge is 0.306 e. The summed E-state index contributed by atoms with van der Waals surface area (Å²) in [5.74, 6) is -0.847. The van der Waals surface area contributed by atoms with Gasteiger partial charge in [-0.15, -0.1) is 0 Å². The van der Waals surface area contributed by atoms with Crippen molar-refractivity contribution in [1.29, 1.82) is 0 Å². The van der Waals surface area contributed by atoms with Crippen molar-refractivity contribution in [2.75, 3.05) is 13.2 Å². The van der Waals surface area contributed by atoms with Gasteiger partial charge in [0.1, 0.15) is 6.61 Å². The summed E-state index contributed by atoms with van der Waals surface area (Å²) in [5, 5.41) is 9.20. The summed E-state index contributed by atoms with van der Waals surface area (Å²) in [7, 11) is 0. The summed E-state index contributed by atoms with van der Waals surface area (Å²) in [6.07, 6.45) is 4.15. The van der Waals surface area contributed by atoms with E-state index in [0.29, 0.717) is 13.0 Å². The van der Waals surface area contributed by atoms with Crippen molar-refractivity contribution in [2.24, 2.45) is 0 Å². The Bertz CT molecular complexity index is 252. The number of hydrogen-bond donors (Lipinski definition) is 1. The fourth-order valence-electron chi connectivity index (χ4n) is 1.37. The fraction of sp³-hybridized carbons (Fsp3) is 0.857. The molecule has 1 N–H and O–H groups in total. The van der Waals surface area contributed by atoms with Gasteiger partial charge in [-0.1, -0.05) is 33.1 Å². The van der Waals surface area contributed by atoms with Crippen molar-refractivity contribution < 1.29 is 24.2 Å². The van der Waals surface area contributed by atoms with Crippen molar-refractivity contribution in [3.05, 3.63) is 0 Å². The Hall–Kier alpha value is -1.10. The van der Waals surface area contributed by atoms with E-state index in [4.69, 9.17) is 9.47 Å². The molecular formula is C14H26O5. The van der Waals surface area contributed by atoms with Crippen LogP contribution in [0.4, 0.5) is 0 Å². The van der Waals surface area contributed by atoms with Gasteiger partial charge in [-0.25, -0.2) is 0 Å². The molecule has 112 valence electrons. The van der Waals surface area contributed by atoms with E-state index in [1.165, 1.54) is 0 Å². The van der Waals surface area contributed by atoms with Gasteiger partial charge in [-0.2, -0.15) is 0 Å². The van der Waals surface area contributed by atoms with Crippen LogP contribution in [-0.2, 0) is 19.1 Å². The molecule has 0 aliphatic heterocycles. The molecule has 0 aliphatic rings. The van der Waals surface area contributed by atoms with Crippen molar-refractivity contribution in [2.45, 2.75) is 64.9 Å². The minimum Gasteiger partial charge on any atom is -0.466 e. The van der Waals surface area contributed by atoms with Crippen molar-refractivity contribution in [3.63, 3.8) is 0 Å². The third-order valence-corrected chi connectivity index (χ3v) is 2.70. The maximum Gasteiger partial charge on any atom is 0.306 e. The number of aliphatic hydroxyl groups excluding tert-OH is 1. The lowest BCUT2D eigenvalue weighted by atomic mass is 10.2. The highest BCUT2D eigenvalue weighted by Gasteiger charge is 2.10. The van der Waals surface area contributed by atoms with Crippen molar-refractivity contribution >= 4 is 11.9 Å². The summed E-state index contributed by atoms with van der Waals surface area (Å²) in [6, 6.07) is 0. The lowest BCUT2D eigenvalue weighted by Crippen LogP contribution is -2.18. The Morgan fingerprint density at radius 2 is 1.63 bits per heavy atom. The highest BCUT2D eigenvalue weighted by Crippen LogP contribution is 2.02. The van der Waals surface area contributed by atoms with Crippen LogP contribution in [0.15, 0.2) is 0 Å². The molecule has 0 aromatic carbocycles. The minimum atomic E-state index is -0.630. The SMILES string of the molecule is CCCCCCOC(=O)CCC(=O)OCC(O)CC. The maximum atomic E-state index is 11.3. The van der Waals surface area contributed by atoms with Gasteiger partial charge in [-0.05, 0) is 12.8 Å². The second kappa shape index (κ2) is 12.0. The van der Waals surface area contributed by atoms with E-state index in [9.17, 15) is 14.7 Å². The standard InChI is InChI=1S/C14H26O5/c1-3-5-6-7-10-18-13(16)8-9-14(17)19-11-12(15)4-2/h12,15H,3-11H2,1-2H3. The Kier molecular flexibility index (Phi) is 11.3. The molecule has 0 amide bonds. The molecule has 0 rings (SSSR count). The molecule has 0 aromatic rings. The van der Waals surface area contributed by atoms with Gasteiger partial charge in [0.2, 0.25) is 0 Å². The van der Waals surface area contributed by atoms with Gasteiger partial charge in [0.25, 0.3) is 0 Å². The number of unbranched alkanes of at least 4 members (excludes halogenated alkanes) is 3. The maximum absolute atomic E-state index is 11.3. The van der Waals surface area contributed by atoms with Crippen molar-refractivity contribution in [1.82, 2.24) is 0 Å². The molecule has 1 unspecified atom stereocenters. The van der Waals surface area contributed by atoms with Crippen LogP contribution in [0.1, 0.15) is 58.8 Å². The monoisotopic (exact) mass is 274 g/mol. The molecular weight excluding hydrogens is 248 g/mol. The second-order valence-electron chi connectivity index (χ2n) is 4.53. The predicted octanol–water partition coefficient (Wildman–Crippen LogP) is 2.20. The zero-order chi connectivity index (χ0) is 14.5. The molecule has 1 atom stereocenters. The van der Waals surface area contributed by atoms with Crippen LogP contribution in [-0.4, -0.2) is 36.4 Å². The Morgan fingerprint density at radius 1 is 1.00 bits per heavy atom. The molecule has 0 heterocycles. The van der Waals surface area contributed by atoms with E-state index in [2.05, 4.69) is 6.92 Å². The molecule has 0 saturated heterocycles. The number of esters is 2. The number of carbonyl (C=O) groups is 2. The molecule has 0 spiro atoms. The molecule has 0 fully saturated rings. The Morgan fingerprint density at radius 3 is 2.21 bits per heavy atom. The molecule has 0 radical (unpaired) electrons. The number of carbonyl (C=O) groups excluding carboxylic acids is 2. The number of rotatable bonds is 11. The average Bonchev–Trinajstić information content (AvgIpc) is 2.42. The fourth-order valence-corrected chi connectivity index (χ4v) is 1.37. The first-order valence-electron chi connectivity index (χ1n) is 7.09. The predicted molar refractivity (Wildman–Crippen MR) is 71.6 cm³/mol. The van der Waals surface area contributed by atoms with E-state index < -0.39 is 12.1 Å². The van der Waals surface area contributed by atoms with Gasteiger partial charge in [-0.3, -0.25) is 9.59 Å². The van der Waals surface area contributed by atoms with Gasteiger partial charge in [0.05, 0.1) is 25.6 Å². The zero-order valence-electron chi connectivity index (χ0n) is 12.0. The van der Waals surface area contributed by atoms with E-state index in [1.54, 1.807) is 6.92 Å². The number of hydrogen-bond acceptors (Lipinski definition) is 5. The van der Waals surface area contributed by atoms with E-state index in [0.717, 1.165) is 25.7 Å². The summed E-state index contributed by atoms with van der Waals surface area (Å²) < 4.78 is 9.80. The van der Waals surface area contributed by atoms with Crippen LogP contribution in [0, 0.1) is 0 Å². The zero-order valence-corrected chi connectivity index (χ0v) is 12.0. The molecule has 0 saturated carbocycles. The molecule has 5 nitrogen and oxygen atoms in total. The van der Waals surface area contributed by atoms with Gasteiger partial charge >= 0.3 is 11.9 Å². The molecule has 5 heteroatoms. The highest BCUT2D eigenvalue weighted by molar-refractivity contribution is 5.77. The first-order chi connectivity index (χ1) is 9.10. The van der Waals surface area contributed by atoms with Crippen LogP contribution < -0.4 is 0 Å². The van der Waals surface area contributed by atoms with Crippen LogP contribution in [0.25, 0.3) is 0 Å². The quantitative estimate of drug-likeness (QED) is 0.462. The molecule has 19 heavy (non-hydrogen) atoms. The minimum absolute atomic E-state index is 0.00419. The van der Waals surface area contributed by atoms with Gasteiger partial charge in [0, 0.05) is 0 Å². The highest BCUT2D eigenvalue weighted by atomic mass is 16.5. The average molecular weight is 274 g/mol. The first-order valence-corrected chi connectivity index (χ1v) is 7.09. The summed E-state index contributed by atoms with van der Waals surface area (Å²) in [6.45, 7) is 4.32. The van der Waals surface area contributed by atoms with Crippen LogP contribution in [0.2, 0.25) is 0 Å². The molecule has 0 aliphatic carbocycles. The van der Waals surface area contributed by atoms with Crippen LogP contribution >= 0.6 is 0 Å². The Labute approximate surface area is 115 Å². The van der Waals surface area contributed by atoms with E-state index in [-0.39, 0.29) is 25.4 Å². The van der Waals surface area contributed by atoms with E-state index >= 15 is 0 Å². The third-order valence-electron chi connectivity index (χ3n) is 2.70. The van der Waals surface area contributed by atoms with Crippen molar-refractivity contribution in [3.8, 4) is 0 Å². The summed E-state index contributed by atoms with van der Waals surface area (Å²) in [5.41, 5.74) is 0. The first kappa shape index (κ1) is 17.9. The lowest BCUT2D eigenvalue weighted by Gasteiger charge is -2.08. The normalized spacial score (nSPS) is 11.9. The number of aliphatic hydroxyl groups is 1. The van der Waals surface area contributed by atoms with Crippen LogP contribution in [0.3, 0.4) is 0 Å². The number of ether oxygens (including phenoxy) is 2. The Balaban J connectivity index is 3.48. The van der Waals surface area contributed by atoms with Gasteiger partial charge < -0.3 is 14.6 Å². The lowest BCUT2D eigenvalue weighted by molar-refractivity contribution is -0.152. The molecule has 0 aromatic heterocycles. The largest absolute Gasteiger partial charge is 0.466 e. The second-order valence-corrected chi connectivity index (χ2v) is 4.53. The van der Waals surface area contributed by atoms with E-state index in [1.807, 2.05) is 0 Å². The summed E-state index contributed by atoms with van der Waals surface area (Å²) >= 11 is 0. The third kappa shape index (κ3) is 11.7. The molecule has 0 bridgehead atoms.